The Morgan fingerprint density at radius 2 is 2.21 bits per heavy atom. The fourth-order valence-corrected chi connectivity index (χ4v) is 0.910. The molecule has 0 amide bonds. The number of hydrogen-bond donors (Lipinski definition) is 0. The highest BCUT2D eigenvalue weighted by molar-refractivity contribution is 5.65. The summed E-state index contributed by atoms with van der Waals surface area (Å²) >= 11 is 0. The molecule has 72 valence electrons. The first kappa shape index (κ1) is 10.2. The molecule has 0 atom stereocenters. The van der Waals surface area contributed by atoms with Gasteiger partial charge in [-0.3, -0.25) is 0 Å². The van der Waals surface area contributed by atoms with E-state index in [1.807, 2.05) is 6.07 Å². The molecule has 3 nitrogen and oxygen atoms in total. The van der Waals surface area contributed by atoms with Gasteiger partial charge in [0.15, 0.2) is 0 Å². The van der Waals surface area contributed by atoms with Crippen molar-refractivity contribution in [2.24, 2.45) is 4.99 Å². The second-order valence-corrected chi connectivity index (χ2v) is 2.96. The number of aliphatic imine (C=N–C) groups is 1. The van der Waals surface area contributed by atoms with Crippen LogP contribution in [0.4, 0.5) is 10.1 Å². The summed E-state index contributed by atoms with van der Waals surface area (Å²) < 4.78 is 13.2. The van der Waals surface area contributed by atoms with Crippen LogP contribution in [0.2, 0.25) is 0 Å². The molecule has 0 heterocycles. The second kappa shape index (κ2) is 4.38. The minimum absolute atomic E-state index is 0.0868. The highest BCUT2D eigenvalue weighted by Gasteiger charge is 2.05. The van der Waals surface area contributed by atoms with Crippen molar-refractivity contribution in [1.29, 1.82) is 5.26 Å². The van der Waals surface area contributed by atoms with Crippen LogP contribution in [0, 0.1) is 17.1 Å². The number of nitriles is 1. The normalized spacial score (nSPS) is 10.1. The van der Waals surface area contributed by atoms with Crippen LogP contribution in [0.5, 0.6) is 0 Å². The van der Waals surface area contributed by atoms with Crippen molar-refractivity contribution in [1.82, 2.24) is 4.90 Å². The lowest BCUT2D eigenvalue weighted by atomic mass is 10.2. The lowest BCUT2D eigenvalue weighted by Crippen LogP contribution is -2.07. The van der Waals surface area contributed by atoms with Crippen LogP contribution in [0.3, 0.4) is 0 Å². The largest absolute Gasteiger partial charge is 0.369 e. The average Bonchev–Trinajstić information content (AvgIpc) is 2.15. The summed E-state index contributed by atoms with van der Waals surface area (Å²) in [4.78, 5) is 5.55. The molecule has 0 N–H and O–H groups in total. The van der Waals surface area contributed by atoms with Crippen LogP contribution in [0.1, 0.15) is 5.56 Å². The summed E-state index contributed by atoms with van der Waals surface area (Å²) in [7, 11) is 3.55. The molecular weight excluding hydrogens is 181 g/mol. The van der Waals surface area contributed by atoms with E-state index in [1.54, 1.807) is 19.0 Å². The molecule has 1 aromatic rings. The smallest absolute Gasteiger partial charge is 0.150 e. The van der Waals surface area contributed by atoms with Gasteiger partial charge in [-0.2, -0.15) is 5.26 Å². The van der Waals surface area contributed by atoms with Gasteiger partial charge in [0.2, 0.25) is 0 Å². The molecule has 1 aromatic carbocycles. The van der Waals surface area contributed by atoms with Crippen molar-refractivity contribution in [2.75, 3.05) is 14.1 Å². The van der Waals surface area contributed by atoms with Crippen LogP contribution >= 0.6 is 0 Å². The summed E-state index contributed by atoms with van der Waals surface area (Å²) in [5.74, 6) is -0.484. The Bertz CT molecular complexity index is 391. The maximum Gasteiger partial charge on any atom is 0.150 e. The molecule has 0 aliphatic heterocycles. The van der Waals surface area contributed by atoms with Gasteiger partial charge >= 0.3 is 0 Å². The zero-order valence-corrected chi connectivity index (χ0v) is 8.03. The maximum atomic E-state index is 13.2. The van der Waals surface area contributed by atoms with Crippen LogP contribution in [-0.4, -0.2) is 25.3 Å². The van der Waals surface area contributed by atoms with Crippen molar-refractivity contribution in [2.45, 2.75) is 0 Å². The fraction of sp³-hybridized carbons (Fsp3) is 0.200. The van der Waals surface area contributed by atoms with Gasteiger partial charge in [0, 0.05) is 14.1 Å². The van der Waals surface area contributed by atoms with Gasteiger partial charge in [-0.15, -0.1) is 0 Å². The molecule has 4 heteroatoms. The van der Waals surface area contributed by atoms with E-state index >= 15 is 0 Å². The monoisotopic (exact) mass is 191 g/mol. The average molecular weight is 191 g/mol. The van der Waals surface area contributed by atoms with Crippen molar-refractivity contribution in [3.8, 4) is 6.07 Å². The van der Waals surface area contributed by atoms with Gasteiger partial charge < -0.3 is 4.90 Å². The van der Waals surface area contributed by atoms with E-state index in [0.29, 0.717) is 0 Å². The molecule has 0 unspecified atom stereocenters. The van der Waals surface area contributed by atoms with E-state index in [1.165, 1.54) is 24.5 Å². The molecule has 0 fully saturated rings. The van der Waals surface area contributed by atoms with Crippen molar-refractivity contribution in [3.63, 3.8) is 0 Å². The SMILES string of the molecule is CN(C)C=Nc1c(F)cccc1C#N. The van der Waals surface area contributed by atoms with E-state index in [0.717, 1.165) is 0 Å². The third-order valence-corrected chi connectivity index (χ3v) is 1.53. The summed E-state index contributed by atoms with van der Waals surface area (Å²) in [6.07, 6.45) is 1.46. The molecule has 0 radical (unpaired) electrons. The predicted molar refractivity (Wildman–Crippen MR) is 53.0 cm³/mol. The van der Waals surface area contributed by atoms with Gasteiger partial charge in [0.05, 0.1) is 11.9 Å². The standard InChI is InChI=1S/C10H10FN3/c1-14(2)7-13-10-8(6-12)4-3-5-9(10)11/h3-5,7H,1-2H3. The number of rotatable bonds is 2. The zero-order valence-electron chi connectivity index (χ0n) is 8.03. The Morgan fingerprint density at radius 1 is 1.50 bits per heavy atom. The summed E-state index contributed by atoms with van der Waals surface area (Å²) in [5.41, 5.74) is 0.326. The Morgan fingerprint density at radius 3 is 2.79 bits per heavy atom. The van der Waals surface area contributed by atoms with Crippen molar-refractivity contribution >= 4 is 12.0 Å². The third-order valence-electron chi connectivity index (χ3n) is 1.53. The molecule has 0 saturated heterocycles. The maximum absolute atomic E-state index is 13.2. The van der Waals surface area contributed by atoms with Crippen LogP contribution in [0.15, 0.2) is 23.2 Å². The molecule has 14 heavy (non-hydrogen) atoms. The van der Waals surface area contributed by atoms with Crippen molar-refractivity contribution in [3.05, 3.63) is 29.6 Å². The number of halogens is 1. The van der Waals surface area contributed by atoms with Crippen LogP contribution in [0.25, 0.3) is 0 Å². The number of para-hydroxylation sites is 1. The molecule has 0 aliphatic rings. The Hall–Kier alpha value is -1.89. The topological polar surface area (TPSA) is 39.4 Å². The lowest BCUT2D eigenvalue weighted by Gasteiger charge is -2.03. The first-order chi connectivity index (χ1) is 6.65. The molecule has 0 aromatic heterocycles. The van der Waals surface area contributed by atoms with Gasteiger partial charge in [0.25, 0.3) is 0 Å². The van der Waals surface area contributed by atoms with E-state index in [-0.39, 0.29) is 11.3 Å². The zero-order chi connectivity index (χ0) is 10.6. The Balaban J connectivity index is 3.13. The minimum atomic E-state index is -0.484. The van der Waals surface area contributed by atoms with Crippen LogP contribution in [-0.2, 0) is 0 Å². The van der Waals surface area contributed by atoms with Gasteiger partial charge in [-0.05, 0) is 12.1 Å². The number of benzene rings is 1. The second-order valence-electron chi connectivity index (χ2n) is 2.96. The predicted octanol–water partition coefficient (Wildman–Crippen LogP) is 1.92. The van der Waals surface area contributed by atoms with E-state index in [4.69, 9.17) is 5.26 Å². The van der Waals surface area contributed by atoms with Gasteiger partial charge in [0.1, 0.15) is 17.6 Å². The first-order valence-corrected chi connectivity index (χ1v) is 4.04. The molecule has 0 bridgehead atoms. The number of hydrogen-bond acceptors (Lipinski definition) is 2. The van der Waals surface area contributed by atoms with Gasteiger partial charge in [-0.25, -0.2) is 9.38 Å². The first-order valence-electron chi connectivity index (χ1n) is 4.04. The lowest BCUT2D eigenvalue weighted by molar-refractivity contribution is 0.624. The number of nitrogens with zero attached hydrogens (tertiary/aromatic N) is 3. The molecule has 0 saturated carbocycles. The molecule has 0 aliphatic carbocycles. The molecular formula is C10H10FN3. The Kier molecular flexibility index (Phi) is 3.19. The van der Waals surface area contributed by atoms with Crippen molar-refractivity contribution < 1.29 is 4.39 Å². The van der Waals surface area contributed by atoms with Crippen LogP contribution < -0.4 is 0 Å². The van der Waals surface area contributed by atoms with E-state index < -0.39 is 5.82 Å². The summed E-state index contributed by atoms with van der Waals surface area (Å²) in [5, 5.41) is 8.70. The quantitative estimate of drug-likeness (QED) is 0.529. The summed E-state index contributed by atoms with van der Waals surface area (Å²) in [6, 6.07) is 6.19. The molecule has 0 spiro atoms. The highest BCUT2D eigenvalue weighted by atomic mass is 19.1. The highest BCUT2D eigenvalue weighted by Crippen LogP contribution is 2.21. The fourth-order valence-electron chi connectivity index (χ4n) is 0.910. The van der Waals surface area contributed by atoms with E-state index in [2.05, 4.69) is 4.99 Å². The Labute approximate surface area is 82.1 Å². The third kappa shape index (κ3) is 2.30. The molecule has 1 rings (SSSR count). The summed E-state index contributed by atoms with van der Waals surface area (Å²) in [6.45, 7) is 0. The van der Waals surface area contributed by atoms with Gasteiger partial charge in [-0.1, -0.05) is 6.07 Å². The van der Waals surface area contributed by atoms with E-state index in [9.17, 15) is 4.39 Å². The minimum Gasteiger partial charge on any atom is -0.369 e.